The molecule has 0 fully saturated rings. The van der Waals surface area contributed by atoms with Gasteiger partial charge in [-0.25, -0.2) is 4.79 Å². The molecule has 38 heavy (non-hydrogen) atoms. The van der Waals surface area contributed by atoms with Gasteiger partial charge in [-0.1, -0.05) is 19.1 Å². The Balaban J connectivity index is 1.48. The highest BCUT2D eigenvalue weighted by Gasteiger charge is 2.30. The van der Waals surface area contributed by atoms with E-state index in [4.69, 9.17) is 18.9 Å². The smallest absolute Gasteiger partial charge is 0.323 e. The quantitative estimate of drug-likeness (QED) is 0.408. The fourth-order valence-corrected chi connectivity index (χ4v) is 4.33. The second kappa shape index (κ2) is 12.2. The van der Waals surface area contributed by atoms with E-state index in [0.717, 1.165) is 11.1 Å². The highest BCUT2D eigenvalue weighted by molar-refractivity contribution is 6.00. The molecule has 3 aromatic carbocycles. The van der Waals surface area contributed by atoms with Gasteiger partial charge >= 0.3 is 6.03 Å². The first-order chi connectivity index (χ1) is 18.4. The Morgan fingerprint density at radius 2 is 1.71 bits per heavy atom. The maximum absolute atomic E-state index is 13.3. The number of nitrogens with zero attached hydrogens (tertiary/aromatic N) is 1. The summed E-state index contributed by atoms with van der Waals surface area (Å²) in [5.41, 5.74) is 3.05. The number of carbonyl (C=O) groups excluding carboxylic acids is 2. The van der Waals surface area contributed by atoms with Crippen molar-refractivity contribution in [3.63, 3.8) is 0 Å². The van der Waals surface area contributed by atoms with Gasteiger partial charge in [-0.15, -0.1) is 0 Å². The Labute approximate surface area is 222 Å². The second-order valence-corrected chi connectivity index (χ2v) is 8.85. The Hall–Kier alpha value is -4.40. The van der Waals surface area contributed by atoms with Crippen molar-refractivity contribution >= 4 is 23.3 Å². The summed E-state index contributed by atoms with van der Waals surface area (Å²) in [6.07, 6.45) is 0.615. The van der Waals surface area contributed by atoms with Crippen molar-refractivity contribution < 1.29 is 28.5 Å². The van der Waals surface area contributed by atoms with E-state index in [2.05, 4.69) is 10.6 Å². The molecule has 1 heterocycles. The molecule has 0 spiro atoms. The predicted octanol–water partition coefficient (Wildman–Crippen LogP) is 5.10. The third-order valence-corrected chi connectivity index (χ3v) is 6.35. The van der Waals surface area contributed by atoms with Gasteiger partial charge < -0.3 is 34.5 Å². The standard InChI is InChI=1S/C29H33N3O6/c1-5-24-28(33)32(14-13-19-9-11-26(36-3)27(15-19)37-4)18-20-16-22(10-12-25(20)38-24)31-29(34)30-21-7-6-8-23(17-21)35-2/h6-12,15-17,24H,5,13-14,18H2,1-4H3,(H2,30,31,34). The summed E-state index contributed by atoms with van der Waals surface area (Å²) in [5, 5.41) is 5.66. The van der Waals surface area contributed by atoms with Crippen molar-refractivity contribution in [2.75, 3.05) is 38.5 Å². The van der Waals surface area contributed by atoms with E-state index in [-0.39, 0.29) is 11.9 Å². The lowest BCUT2D eigenvalue weighted by atomic mass is 10.1. The zero-order valence-electron chi connectivity index (χ0n) is 22.1. The first-order valence-corrected chi connectivity index (χ1v) is 12.4. The maximum Gasteiger partial charge on any atom is 0.323 e. The van der Waals surface area contributed by atoms with Crippen molar-refractivity contribution in [2.24, 2.45) is 0 Å². The van der Waals surface area contributed by atoms with Gasteiger partial charge in [-0.3, -0.25) is 4.79 Å². The molecule has 3 amide bonds. The van der Waals surface area contributed by atoms with E-state index in [9.17, 15) is 9.59 Å². The van der Waals surface area contributed by atoms with Gasteiger partial charge in [-0.2, -0.15) is 0 Å². The van der Waals surface area contributed by atoms with Crippen LogP contribution in [0.15, 0.2) is 60.7 Å². The molecule has 9 heteroatoms. The summed E-state index contributed by atoms with van der Waals surface area (Å²) in [5.74, 6) is 2.53. The Morgan fingerprint density at radius 1 is 0.947 bits per heavy atom. The van der Waals surface area contributed by atoms with Gasteiger partial charge in [-0.05, 0) is 60.9 Å². The number of hydrogen-bond acceptors (Lipinski definition) is 6. The molecule has 0 bridgehead atoms. The molecule has 0 aliphatic carbocycles. The average Bonchev–Trinajstić information content (AvgIpc) is 3.07. The van der Waals surface area contributed by atoms with E-state index in [0.29, 0.717) is 60.3 Å². The van der Waals surface area contributed by atoms with Crippen molar-refractivity contribution in [2.45, 2.75) is 32.4 Å². The molecular weight excluding hydrogens is 486 g/mol. The minimum atomic E-state index is -0.572. The number of rotatable bonds is 9. The first-order valence-electron chi connectivity index (χ1n) is 12.4. The van der Waals surface area contributed by atoms with Gasteiger partial charge in [0.25, 0.3) is 5.91 Å². The number of nitrogens with one attached hydrogen (secondary N) is 2. The summed E-state index contributed by atoms with van der Waals surface area (Å²) in [4.78, 5) is 27.7. The number of urea groups is 1. The molecule has 0 aromatic heterocycles. The number of methoxy groups -OCH3 is 3. The molecule has 0 saturated carbocycles. The molecule has 1 atom stereocenters. The largest absolute Gasteiger partial charge is 0.497 e. The fourth-order valence-electron chi connectivity index (χ4n) is 4.33. The van der Waals surface area contributed by atoms with Crippen LogP contribution < -0.4 is 29.6 Å². The lowest BCUT2D eigenvalue weighted by Crippen LogP contribution is -2.40. The molecule has 1 unspecified atom stereocenters. The van der Waals surface area contributed by atoms with Crippen LogP contribution in [-0.4, -0.2) is 50.8 Å². The number of anilines is 2. The lowest BCUT2D eigenvalue weighted by molar-refractivity contribution is -0.138. The molecule has 4 rings (SSSR count). The van der Waals surface area contributed by atoms with Gasteiger partial charge in [0.05, 0.1) is 21.3 Å². The van der Waals surface area contributed by atoms with E-state index < -0.39 is 6.10 Å². The highest BCUT2D eigenvalue weighted by Crippen LogP contribution is 2.31. The van der Waals surface area contributed by atoms with Crippen LogP contribution in [0, 0.1) is 0 Å². The maximum atomic E-state index is 13.3. The minimum Gasteiger partial charge on any atom is -0.497 e. The minimum absolute atomic E-state index is 0.0607. The summed E-state index contributed by atoms with van der Waals surface area (Å²) in [6, 6.07) is 17.9. The van der Waals surface area contributed by atoms with Crippen molar-refractivity contribution in [1.82, 2.24) is 4.90 Å². The Morgan fingerprint density at radius 3 is 2.42 bits per heavy atom. The molecule has 3 aromatic rings. The van der Waals surface area contributed by atoms with Crippen molar-refractivity contribution in [1.29, 1.82) is 0 Å². The lowest BCUT2D eigenvalue weighted by Gasteiger charge is -2.23. The van der Waals surface area contributed by atoms with Crippen LogP contribution in [0.5, 0.6) is 23.0 Å². The average molecular weight is 520 g/mol. The van der Waals surface area contributed by atoms with E-state index in [1.807, 2.05) is 31.2 Å². The molecular formula is C29H33N3O6. The predicted molar refractivity (Wildman–Crippen MR) is 145 cm³/mol. The highest BCUT2D eigenvalue weighted by atomic mass is 16.5. The summed E-state index contributed by atoms with van der Waals surface area (Å²) in [6.45, 7) is 2.80. The summed E-state index contributed by atoms with van der Waals surface area (Å²) < 4.78 is 22.0. The van der Waals surface area contributed by atoms with Gasteiger partial charge in [0.2, 0.25) is 0 Å². The number of fused-ring (bicyclic) bond motifs is 1. The number of amides is 3. The van der Waals surface area contributed by atoms with Crippen LogP contribution in [-0.2, 0) is 17.8 Å². The van der Waals surface area contributed by atoms with Crippen LogP contribution in [0.3, 0.4) is 0 Å². The van der Waals surface area contributed by atoms with Crippen LogP contribution in [0.1, 0.15) is 24.5 Å². The summed E-state index contributed by atoms with van der Waals surface area (Å²) in [7, 11) is 4.77. The molecule has 2 N–H and O–H groups in total. The molecule has 1 aliphatic heterocycles. The fraction of sp³-hybridized carbons (Fsp3) is 0.310. The number of benzene rings is 3. The Kier molecular flexibility index (Phi) is 8.58. The molecule has 9 nitrogen and oxygen atoms in total. The van der Waals surface area contributed by atoms with Gasteiger partial charge in [0.1, 0.15) is 11.5 Å². The van der Waals surface area contributed by atoms with Crippen LogP contribution in [0.2, 0.25) is 0 Å². The third kappa shape index (κ3) is 6.29. The normalized spacial score (nSPS) is 14.6. The van der Waals surface area contributed by atoms with Gasteiger partial charge in [0, 0.05) is 36.1 Å². The molecule has 0 radical (unpaired) electrons. The molecule has 1 aliphatic rings. The zero-order chi connectivity index (χ0) is 27.1. The van der Waals surface area contributed by atoms with E-state index in [1.165, 1.54) is 0 Å². The monoisotopic (exact) mass is 519 g/mol. The second-order valence-electron chi connectivity index (χ2n) is 8.85. The topological polar surface area (TPSA) is 98.4 Å². The number of ether oxygens (including phenoxy) is 4. The van der Waals surface area contributed by atoms with Crippen LogP contribution in [0.25, 0.3) is 0 Å². The van der Waals surface area contributed by atoms with Crippen molar-refractivity contribution in [3.05, 3.63) is 71.8 Å². The number of hydrogen-bond donors (Lipinski definition) is 2. The van der Waals surface area contributed by atoms with Crippen LogP contribution >= 0.6 is 0 Å². The SMILES string of the molecule is CCC1Oc2ccc(NC(=O)Nc3cccc(OC)c3)cc2CN(CCc2ccc(OC)c(OC)c2)C1=O. The van der Waals surface area contributed by atoms with E-state index in [1.54, 1.807) is 62.6 Å². The molecule has 200 valence electrons. The third-order valence-electron chi connectivity index (χ3n) is 6.35. The number of carbonyl (C=O) groups is 2. The Bertz CT molecular complexity index is 1300. The zero-order valence-corrected chi connectivity index (χ0v) is 22.1. The van der Waals surface area contributed by atoms with Gasteiger partial charge in [0.15, 0.2) is 17.6 Å². The van der Waals surface area contributed by atoms with Crippen molar-refractivity contribution in [3.8, 4) is 23.0 Å². The van der Waals surface area contributed by atoms with Crippen LogP contribution in [0.4, 0.5) is 16.2 Å². The molecule has 0 saturated heterocycles. The van der Waals surface area contributed by atoms with E-state index >= 15 is 0 Å². The summed E-state index contributed by atoms with van der Waals surface area (Å²) >= 11 is 0. The first kappa shape index (κ1) is 26.7.